The maximum Gasteiger partial charge on any atom is 0.141 e. The molecule has 2 N–H and O–H groups in total. The molecule has 0 aliphatic rings. The van der Waals surface area contributed by atoms with E-state index in [1.54, 1.807) is 0 Å². The Balaban J connectivity index is 2.00. The van der Waals surface area contributed by atoms with E-state index in [0.29, 0.717) is 0 Å². The first kappa shape index (κ1) is 17.5. The standard InChI is InChI=1S/C22H29N3/c1-4-5-6-7-8-12-25-21-14-17(3)16(2)13-20(21)24-22(25)18-10-9-11-19(23)15-18/h9-11,13-15H,4-8,12,23H2,1-3H3. The molecule has 3 rings (SSSR count). The van der Waals surface area contributed by atoms with Crippen molar-refractivity contribution in [2.24, 2.45) is 0 Å². The molecule has 3 heteroatoms. The van der Waals surface area contributed by atoms with Crippen LogP contribution in [0.5, 0.6) is 0 Å². The van der Waals surface area contributed by atoms with Gasteiger partial charge in [-0.25, -0.2) is 4.98 Å². The molecule has 0 radical (unpaired) electrons. The number of fused-ring (bicyclic) bond motifs is 1. The molecule has 0 unspecified atom stereocenters. The average molecular weight is 335 g/mol. The fourth-order valence-electron chi connectivity index (χ4n) is 3.38. The van der Waals surface area contributed by atoms with E-state index < -0.39 is 0 Å². The molecule has 0 atom stereocenters. The molecule has 0 spiro atoms. The summed E-state index contributed by atoms with van der Waals surface area (Å²) in [7, 11) is 0. The molecule has 25 heavy (non-hydrogen) atoms. The van der Waals surface area contributed by atoms with Crippen LogP contribution >= 0.6 is 0 Å². The Labute approximate surface area is 150 Å². The van der Waals surface area contributed by atoms with Crippen LogP contribution < -0.4 is 5.73 Å². The minimum atomic E-state index is 0.784. The summed E-state index contributed by atoms with van der Waals surface area (Å²) < 4.78 is 2.38. The van der Waals surface area contributed by atoms with Crippen molar-refractivity contribution in [2.45, 2.75) is 59.4 Å². The van der Waals surface area contributed by atoms with Crippen LogP contribution in [0.3, 0.4) is 0 Å². The highest BCUT2D eigenvalue weighted by molar-refractivity contribution is 5.82. The monoisotopic (exact) mass is 335 g/mol. The van der Waals surface area contributed by atoms with Crippen LogP contribution in [-0.4, -0.2) is 9.55 Å². The van der Waals surface area contributed by atoms with E-state index in [1.165, 1.54) is 48.7 Å². The molecular weight excluding hydrogens is 306 g/mol. The second-order valence-electron chi connectivity index (χ2n) is 7.05. The van der Waals surface area contributed by atoms with E-state index >= 15 is 0 Å². The highest BCUT2D eigenvalue weighted by Gasteiger charge is 2.14. The summed E-state index contributed by atoms with van der Waals surface area (Å²) in [6.45, 7) is 7.59. The van der Waals surface area contributed by atoms with Crippen molar-refractivity contribution in [2.75, 3.05) is 5.73 Å². The van der Waals surface area contributed by atoms with Crippen LogP contribution in [0.2, 0.25) is 0 Å². The molecule has 2 aromatic carbocycles. The lowest BCUT2D eigenvalue weighted by molar-refractivity contribution is 0.578. The Morgan fingerprint density at radius 3 is 2.48 bits per heavy atom. The molecule has 0 saturated carbocycles. The first-order valence-corrected chi connectivity index (χ1v) is 9.43. The van der Waals surface area contributed by atoms with Gasteiger partial charge in [0.05, 0.1) is 11.0 Å². The molecule has 0 aliphatic carbocycles. The third kappa shape index (κ3) is 3.87. The first-order valence-electron chi connectivity index (χ1n) is 9.43. The van der Waals surface area contributed by atoms with Gasteiger partial charge in [-0.05, 0) is 55.7 Å². The Morgan fingerprint density at radius 1 is 0.960 bits per heavy atom. The van der Waals surface area contributed by atoms with Crippen LogP contribution in [0, 0.1) is 13.8 Å². The lowest BCUT2D eigenvalue weighted by atomic mass is 10.1. The van der Waals surface area contributed by atoms with Crippen molar-refractivity contribution in [1.82, 2.24) is 9.55 Å². The van der Waals surface area contributed by atoms with Crippen molar-refractivity contribution in [1.29, 1.82) is 0 Å². The number of unbranched alkanes of at least 4 members (excludes halogenated alkanes) is 4. The molecular formula is C22H29N3. The lowest BCUT2D eigenvalue weighted by Gasteiger charge is -2.10. The number of aryl methyl sites for hydroxylation is 3. The summed E-state index contributed by atoms with van der Waals surface area (Å²) in [6, 6.07) is 12.5. The van der Waals surface area contributed by atoms with Crippen LogP contribution in [0.15, 0.2) is 36.4 Å². The van der Waals surface area contributed by atoms with Gasteiger partial charge in [0.25, 0.3) is 0 Å². The van der Waals surface area contributed by atoms with E-state index in [4.69, 9.17) is 10.7 Å². The SMILES string of the molecule is CCCCCCCn1c(-c2cccc(N)c2)nc2cc(C)c(C)cc21. The fourth-order valence-corrected chi connectivity index (χ4v) is 3.38. The van der Waals surface area contributed by atoms with Crippen LogP contribution in [0.25, 0.3) is 22.4 Å². The molecule has 0 saturated heterocycles. The van der Waals surface area contributed by atoms with Gasteiger partial charge in [0.1, 0.15) is 5.82 Å². The minimum Gasteiger partial charge on any atom is -0.399 e. The van der Waals surface area contributed by atoms with Gasteiger partial charge in [0.15, 0.2) is 0 Å². The number of anilines is 1. The first-order chi connectivity index (χ1) is 12.1. The summed E-state index contributed by atoms with van der Waals surface area (Å²) in [5.74, 6) is 1.03. The van der Waals surface area contributed by atoms with E-state index in [2.05, 4.69) is 43.5 Å². The van der Waals surface area contributed by atoms with Crippen LogP contribution in [0.4, 0.5) is 5.69 Å². The van der Waals surface area contributed by atoms with Gasteiger partial charge in [-0.1, -0.05) is 44.7 Å². The maximum atomic E-state index is 6.01. The largest absolute Gasteiger partial charge is 0.399 e. The zero-order valence-corrected chi connectivity index (χ0v) is 15.7. The number of imidazole rings is 1. The minimum absolute atomic E-state index is 0.784. The molecule has 0 aliphatic heterocycles. The van der Waals surface area contributed by atoms with Gasteiger partial charge in [-0.15, -0.1) is 0 Å². The zero-order valence-electron chi connectivity index (χ0n) is 15.7. The van der Waals surface area contributed by atoms with Crippen molar-refractivity contribution in [3.8, 4) is 11.4 Å². The molecule has 1 aromatic heterocycles. The third-order valence-corrected chi connectivity index (χ3v) is 4.99. The number of benzene rings is 2. The Bertz CT molecular complexity index is 861. The number of rotatable bonds is 7. The van der Waals surface area contributed by atoms with Gasteiger partial charge in [-0.3, -0.25) is 0 Å². The van der Waals surface area contributed by atoms with E-state index in [0.717, 1.165) is 29.1 Å². The van der Waals surface area contributed by atoms with Gasteiger partial charge in [-0.2, -0.15) is 0 Å². The molecule has 3 nitrogen and oxygen atoms in total. The predicted molar refractivity (Wildman–Crippen MR) is 108 cm³/mol. The summed E-state index contributed by atoms with van der Waals surface area (Å²) in [6.07, 6.45) is 6.38. The second kappa shape index (κ2) is 7.73. The van der Waals surface area contributed by atoms with E-state index in [9.17, 15) is 0 Å². The number of nitrogens with two attached hydrogens (primary N) is 1. The smallest absolute Gasteiger partial charge is 0.141 e. The van der Waals surface area contributed by atoms with Crippen LogP contribution in [0.1, 0.15) is 50.2 Å². The van der Waals surface area contributed by atoms with Crippen molar-refractivity contribution in [3.63, 3.8) is 0 Å². The Morgan fingerprint density at radius 2 is 1.72 bits per heavy atom. The maximum absolute atomic E-state index is 6.01. The van der Waals surface area contributed by atoms with Gasteiger partial charge in [0, 0.05) is 17.8 Å². The van der Waals surface area contributed by atoms with Gasteiger partial charge in [0.2, 0.25) is 0 Å². The van der Waals surface area contributed by atoms with Crippen molar-refractivity contribution in [3.05, 3.63) is 47.5 Å². The third-order valence-electron chi connectivity index (χ3n) is 4.99. The normalized spacial score (nSPS) is 11.3. The summed E-state index contributed by atoms with van der Waals surface area (Å²) in [4.78, 5) is 4.95. The van der Waals surface area contributed by atoms with Crippen molar-refractivity contribution < 1.29 is 0 Å². The summed E-state index contributed by atoms with van der Waals surface area (Å²) >= 11 is 0. The zero-order chi connectivity index (χ0) is 17.8. The van der Waals surface area contributed by atoms with Gasteiger partial charge < -0.3 is 10.3 Å². The lowest BCUT2D eigenvalue weighted by Crippen LogP contribution is -2.01. The second-order valence-corrected chi connectivity index (χ2v) is 7.05. The number of hydrogen-bond acceptors (Lipinski definition) is 2. The molecule has 0 amide bonds. The van der Waals surface area contributed by atoms with Crippen molar-refractivity contribution >= 4 is 16.7 Å². The Kier molecular flexibility index (Phi) is 5.42. The fraction of sp³-hybridized carbons (Fsp3) is 0.409. The van der Waals surface area contributed by atoms with Crippen LogP contribution in [-0.2, 0) is 6.54 Å². The quantitative estimate of drug-likeness (QED) is 0.433. The number of nitrogens with zero attached hydrogens (tertiary/aromatic N) is 2. The molecule has 0 bridgehead atoms. The highest BCUT2D eigenvalue weighted by Crippen LogP contribution is 2.28. The number of aromatic nitrogens is 2. The average Bonchev–Trinajstić information content (AvgIpc) is 2.93. The molecule has 3 aromatic rings. The van der Waals surface area contributed by atoms with E-state index in [-0.39, 0.29) is 0 Å². The highest BCUT2D eigenvalue weighted by atomic mass is 15.1. The number of hydrogen-bond donors (Lipinski definition) is 1. The Hall–Kier alpha value is -2.29. The topological polar surface area (TPSA) is 43.8 Å². The summed E-state index contributed by atoms with van der Waals surface area (Å²) in [5, 5.41) is 0. The molecule has 0 fully saturated rings. The van der Waals surface area contributed by atoms with E-state index in [1.807, 2.05) is 18.2 Å². The molecule has 1 heterocycles. The number of nitrogen functional groups attached to an aromatic ring is 1. The van der Waals surface area contributed by atoms with Gasteiger partial charge >= 0.3 is 0 Å². The summed E-state index contributed by atoms with van der Waals surface area (Å²) in [5.41, 5.74) is 12.8. The molecule has 132 valence electrons. The predicted octanol–water partition coefficient (Wildman–Crippen LogP) is 5.87.